The number of amides is 1. The van der Waals surface area contributed by atoms with E-state index in [1.807, 2.05) is 24.3 Å². The monoisotopic (exact) mass is 230 g/mol. The lowest BCUT2D eigenvalue weighted by molar-refractivity contribution is -0.119. The molecule has 1 amide bonds. The van der Waals surface area contributed by atoms with Gasteiger partial charge in [-0.15, -0.1) is 0 Å². The van der Waals surface area contributed by atoms with Crippen molar-refractivity contribution >= 4 is 5.91 Å². The van der Waals surface area contributed by atoms with Crippen LogP contribution in [-0.4, -0.2) is 20.7 Å². The lowest BCUT2D eigenvalue weighted by Gasteiger charge is -2.09. The van der Waals surface area contributed by atoms with Crippen molar-refractivity contribution < 1.29 is 4.79 Å². The largest absolute Gasteiger partial charge is 0.352 e. The van der Waals surface area contributed by atoms with Gasteiger partial charge in [0.15, 0.2) is 0 Å². The zero-order valence-corrected chi connectivity index (χ0v) is 9.63. The molecule has 0 saturated heterocycles. The minimum absolute atomic E-state index is 0.0273. The molecule has 0 saturated carbocycles. The summed E-state index contributed by atoms with van der Waals surface area (Å²) in [6.45, 7) is 2.72. The van der Waals surface area contributed by atoms with E-state index in [1.54, 1.807) is 11.0 Å². The lowest BCUT2D eigenvalue weighted by atomic mass is 10.1. The summed E-state index contributed by atoms with van der Waals surface area (Å²) in [7, 11) is 0. The Morgan fingerprint density at radius 1 is 1.35 bits per heavy atom. The molecule has 1 aromatic carbocycles. The molecule has 0 radical (unpaired) electrons. The number of nitrogens with zero attached hydrogens (tertiary/aromatic N) is 3. The molecule has 0 aliphatic carbocycles. The highest BCUT2D eigenvalue weighted by Crippen LogP contribution is 2.09. The average molecular weight is 230 g/mol. The molecule has 2 rings (SSSR count). The highest BCUT2D eigenvalue weighted by atomic mass is 16.1. The smallest absolute Gasteiger partial charge is 0.217 e. The number of benzene rings is 1. The van der Waals surface area contributed by atoms with Crippen LogP contribution in [0.4, 0.5) is 0 Å². The minimum atomic E-state index is -0.0273. The molecule has 0 fully saturated rings. The Hall–Kier alpha value is -2.17. The van der Waals surface area contributed by atoms with E-state index in [0.29, 0.717) is 13.1 Å². The summed E-state index contributed by atoms with van der Waals surface area (Å²) in [4.78, 5) is 14.8. The second kappa shape index (κ2) is 5.25. The van der Waals surface area contributed by atoms with Crippen LogP contribution in [0.1, 0.15) is 18.1 Å². The van der Waals surface area contributed by atoms with E-state index in [4.69, 9.17) is 0 Å². The molecule has 1 N–H and O–H groups in total. The van der Waals surface area contributed by atoms with E-state index in [1.165, 1.54) is 13.3 Å². The Kier molecular flexibility index (Phi) is 3.49. The number of hydrogen-bond donors (Lipinski definition) is 1. The van der Waals surface area contributed by atoms with Gasteiger partial charge in [-0.05, 0) is 11.1 Å². The maximum absolute atomic E-state index is 10.9. The SMILES string of the molecule is CC(=O)NCc1ccccc1Cn1cncn1. The van der Waals surface area contributed by atoms with Crippen LogP contribution in [0.25, 0.3) is 0 Å². The molecule has 0 aliphatic rings. The van der Waals surface area contributed by atoms with Gasteiger partial charge in [0.05, 0.1) is 6.54 Å². The van der Waals surface area contributed by atoms with Crippen molar-refractivity contribution in [1.82, 2.24) is 20.1 Å². The van der Waals surface area contributed by atoms with Crippen molar-refractivity contribution in [3.8, 4) is 0 Å². The highest BCUT2D eigenvalue weighted by Gasteiger charge is 2.03. The van der Waals surface area contributed by atoms with E-state index in [2.05, 4.69) is 15.4 Å². The molecule has 0 unspecified atom stereocenters. The van der Waals surface area contributed by atoms with Crippen LogP contribution in [0.5, 0.6) is 0 Å². The first-order valence-corrected chi connectivity index (χ1v) is 5.39. The standard InChI is InChI=1S/C12H14N4O/c1-10(17)14-6-11-4-2-3-5-12(11)7-16-9-13-8-15-16/h2-5,8-9H,6-7H2,1H3,(H,14,17). The predicted molar refractivity (Wildman–Crippen MR) is 63.1 cm³/mol. The molecule has 5 heteroatoms. The molecule has 0 bridgehead atoms. The molecule has 2 aromatic rings. The topological polar surface area (TPSA) is 59.8 Å². The number of rotatable bonds is 4. The normalized spacial score (nSPS) is 10.2. The third-order valence-corrected chi connectivity index (χ3v) is 2.45. The van der Waals surface area contributed by atoms with Gasteiger partial charge in [-0.25, -0.2) is 9.67 Å². The van der Waals surface area contributed by atoms with Crippen molar-refractivity contribution in [3.63, 3.8) is 0 Å². The predicted octanol–water partition coefficient (Wildman–Crippen LogP) is 0.962. The van der Waals surface area contributed by atoms with Crippen LogP contribution in [0.2, 0.25) is 0 Å². The Balaban J connectivity index is 2.13. The summed E-state index contributed by atoms with van der Waals surface area (Å²) in [6, 6.07) is 7.96. The van der Waals surface area contributed by atoms with Crippen LogP contribution < -0.4 is 5.32 Å². The van der Waals surface area contributed by atoms with Gasteiger partial charge in [0.2, 0.25) is 5.91 Å². The first kappa shape index (κ1) is 11.3. The molecule has 5 nitrogen and oxygen atoms in total. The zero-order valence-electron chi connectivity index (χ0n) is 9.63. The fourth-order valence-corrected chi connectivity index (χ4v) is 1.59. The van der Waals surface area contributed by atoms with Crippen molar-refractivity contribution in [2.45, 2.75) is 20.0 Å². The van der Waals surface area contributed by atoms with Gasteiger partial charge in [0, 0.05) is 13.5 Å². The summed E-state index contributed by atoms with van der Waals surface area (Å²) < 4.78 is 1.76. The van der Waals surface area contributed by atoms with E-state index in [0.717, 1.165) is 11.1 Å². The number of hydrogen-bond acceptors (Lipinski definition) is 3. The molecule has 1 heterocycles. The fraction of sp³-hybridized carbons (Fsp3) is 0.250. The Bertz CT molecular complexity index is 493. The van der Waals surface area contributed by atoms with Gasteiger partial charge in [0.25, 0.3) is 0 Å². The van der Waals surface area contributed by atoms with Gasteiger partial charge in [-0.3, -0.25) is 4.79 Å². The minimum Gasteiger partial charge on any atom is -0.352 e. The van der Waals surface area contributed by atoms with Crippen LogP contribution in [0.15, 0.2) is 36.9 Å². The van der Waals surface area contributed by atoms with Crippen LogP contribution in [0, 0.1) is 0 Å². The lowest BCUT2D eigenvalue weighted by Crippen LogP contribution is -2.20. The second-order valence-electron chi connectivity index (χ2n) is 3.77. The highest BCUT2D eigenvalue weighted by molar-refractivity contribution is 5.72. The molecule has 88 valence electrons. The maximum Gasteiger partial charge on any atom is 0.217 e. The van der Waals surface area contributed by atoms with Crippen molar-refractivity contribution in [2.24, 2.45) is 0 Å². The summed E-state index contributed by atoms with van der Waals surface area (Å²) in [5.74, 6) is -0.0273. The van der Waals surface area contributed by atoms with E-state index in [9.17, 15) is 4.79 Å². The molecule has 17 heavy (non-hydrogen) atoms. The molecule has 0 atom stereocenters. The second-order valence-corrected chi connectivity index (χ2v) is 3.77. The number of aromatic nitrogens is 3. The summed E-state index contributed by atoms with van der Waals surface area (Å²) in [6.07, 6.45) is 3.19. The molecular formula is C12H14N4O. The zero-order chi connectivity index (χ0) is 12.1. The van der Waals surface area contributed by atoms with Crippen molar-refractivity contribution in [2.75, 3.05) is 0 Å². The first-order valence-electron chi connectivity index (χ1n) is 5.39. The number of nitrogens with one attached hydrogen (secondary N) is 1. The average Bonchev–Trinajstić information content (AvgIpc) is 2.80. The van der Waals surface area contributed by atoms with Crippen molar-refractivity contribution in [3.05, 3.63) is 48.0 Å². The van der Waals surface area contributed by atoms with E-state index < -0.39 is 0 Å². The van der Waals surface area contributed by atoms with Gasteiger partial charge >= 0.3 is 0 Å². The third kappa shape index (κ3) is 3.14. The number of carbonyl (C=O) groups excluding carboxylic acids is 1. The van der Waals surface area contributed by atoms with E-state index >= 15 is 0 Å². The van der Waals surface area contributed by atoms with Crippen LogP contribution in [0.3, 0.4) is 0 Å². The van der Waals surface area contributed by atoms with E-state index in [-0.39, 0.29) is 5.91 Å². The Labute approximate surface area is 99.5 Å². The first-order chi connectivity index (χ1) is 8.25. The summed E-state index contributed by atoms with van der Waals surface area (Å²) in [5.41, 5.74) is 2.23. The van der Waals surface area contributed by atoms with Crippen LogP contribution >= 0.6 is 0 Å². The third-order valence-electron chi connectivity index (χ3n) is 2.45. The van der Waals surface area contributed by atoms with Crippen molar-refractivity contribution in [1.29, 1.82) is 0 Å². The van der Waals surface area contributed by atoms with Gasteiger partial charge in [-0.1, -0.05) is 24.3 Å². The Morgan fingerprint density at radius 2 is 2.12 bits per heavy atom. The van der Waals surface area contributed by atoms with Crippen LogP contribution in [-0.2, 0) is 17.9 Å². The molecule has 0 spiro atoms. The summed E-state index contributed by atoms with van der Waals surface area (Å²) in [5, 5.41) is 6.86. The fourth-order valence-electron chi connectivity index (χ4n) is 1.59. The van der Waals surface area contributed by atoms with Gasteiger partial charge < -0.3 is 5.32 Å². The van der Waals surface area contributed by atoms with Gasteiger partial charge in [0.1, 0.15) is 12.7 Å². The maximum atomic E-state index is 10.9. The molecular weight excluding hydrogens is 216 g/mol. The molecule has 0 aliphatic heterocycles. The summed E-state index contributed by atoms with van der Waals surface area (Å²) >= 11 is 0. The quantitative estimate of drug-likeness (QED) is 0.851. The molecule has 1 aromatic heterocycles. The Morgan fingerprint density at radius 3 is 2.76 bits per heavy atom. The number of carbonyl (C=O) groups is 1. The van der Waals surface area contributed by atoms with Gasteiger partial charge in [-0.2, -0.15) is 5.10 Å².